The average Bonchev–Trinajstić information content (AvgIpc) is 2.56. The number of phenols is 2. The van der Waals surface area contributed by atoms with Crippen molar-refractivity contribution in [2.45, 2.75) is 18.9 Å². The van der Waals surface area contributed by atoms with E-state index in [1.54, 1.807) is 6.92 Å². The van der Waals surface area contributed by atoms with Crippen LogP contribution in [0.1, 0.15) is 23.7 Å². The molecule has 0 spiro atoms. The molecule has 0 radical (unpaired) electrons. The number of para-hydroxylation sites is 1. The molecule has 7 heteroatoms. The summed E-state index contributed by atoms with van der Waals surface area (Å²) in [7, 11) is -3.13. The summed E-state index contributed by atoms with van der Waals surface area (Å²) < 4.78 is 22.9. The predicted octanol–water partition coefficient (Wildman–Crippen LogP) is 0.405. The summed E-state index contributed by atoms with van der Waals surface area (Å²) in [5.41, 5.74) is -0.918. The number of hydrogen-bond donors (Lipinski definition) is 3. The molecule has 1 unspecified atom stereocenters. The monoisotopic (exact) mass is 285 g/mol. The second kappa shape index (κ2) is 4.41. The standard InChI is InChI=1S/C12H15NO5S/c1-12(5-6-19(17,18)7-12)13-11(16)8-3-2-4-9(14)10(8)15/h2-4,14-15H,5-7H2,1H3,(H,13,16). The van der Waals surface area contributed by atoms with Crippen molar-refractivity contribution in [1.82, 2.24) is 5.32 Å². The Kier molecular flexibility index (Phi) is 3.17. The number of carbonyl (C=O) groups is 1. The number of nitrogens with one attached hydrogen (secondary N) is 1. The van der Waals surface area contributed by atoms with Gasteiger partial charge in [0.05, 0.1) is 22.6 Å². The lowest BCUT2D eigenvalue weighted by Crippen LogP contribution is -2.46. The van der Waals surface area contributed by atoms with Gasteiger partial charge in [-0.05, 0) is 25.5 Å². The van der Waals surface area contributed by atoms with E-state index in [1.165, 1.54) is 18.2 Å². The fourth-order valence-corrected chi connectivity index (χ4v) is 4.26. The molecular weight excluding hydrogens is 270 g/mol. The van der Waals surface area contributed by atoms with E-state index in [1.807, 2.05) is 0 Å². The van der Waals surface area contributed by atoms with Crippen LogP contribution in [0.2, 0.25) is 0 Å². The summed E-state index contributed by atoms with van der Waals surface area (Å²) in [6.07, 6.45) is 0.334. The Bertz CT molecular complexity index is 625. The van der Waals surface area contributed by atoms with Crippen molar-refractivity contribution in [2.75, 3.05) is 11.5 Å². The van der Waals surface area contributed by atoms with Crippen LogP contribution in [-0.4, -0.2) is 41.6 Å². The molecule has 1 saturated heterocycles. The van der Waals surface area contributed by atoms with E-state index in [0.29, 0.717) is 6.42 Å². The minimum absolute atomic E-state index is 0.0375. The number of benzene rings is 1. The second-order valence-corrected chi connectivity index (χ2v) is 7.21. The van der Waals surface area contributed by atoms with Crippen LogP contribution in [0.3, 0.4) is 0 Å². The van der Waals surface area contributed by atoms with Crippen LogP contribution in [0.15, 0.2) is 18.2 Å². The van der Waals surface area contributed by atoms with Crippen molar-refractivity contribution in [3.05, 3.63) is 23.8 Å². The molecule has 1 fully saturated rings. The highest BCUT2D eigenvalue weighted by molar-refractivity contribution is 7.91. The molecule has 104 valence electrons. The smallest absolute Gasteiger partial charge is 0.255 e. The van der Waals surface area contributed by atoms with Gasteiger partial charge >= 0.3 is 0 Å². The normalized spacial score (nSPS) is 25.1. The van der Waals surface area contributed by atoms with Gasteiger partial charge in [0, 0.05) is 0 Å². The van der Waals surface area contributed by atoms with Crippen molar-refractivity contribution < 1.29 is 23.4 Å². The Morgan fingerprint density at radius 1 is 1.37 bits per heavy atom. The van der Waals surface area contributed by atoms with Crippen LogP contribution in [0.25, 0.3) is 0 Å². The fourth-order valence-electron chi connectivity index (χ4n) is 2.17. The first-order valence-electron chi connectivity index (χ1n) is 5.76. The van der Waals surface area contributed by atoms with E-state index in [9.17, 15) is 23.4 Å². The van der Waals surface area contributed by atoms with Gasteiger partial charge in [0.2, 0.25) is 0 Å². The molecule has 1 aliphatic heterocycles. The zero-order valence-corrected chi connectivity index (χ0v) is 11.2. The summed E-state index contributed by atoms with van der Waals surface area (Å²) in [6, 6.07) is 4.04. The van der Waals surface area contributed by atoms with Gasteiger partial charge in [-0.15, -0.1) is 0 Å². The van der Waals surface area contributed by atoms with Crippen LogP contribution >= 0.6 is 0 Å². The van der Waals surface area contributed by atoms with E-state index >= 15 is 0 Å². The molecule has 1 aromatic rings. The van der Waals surface area contributed by atoms with E-state index in [0.717, 1.165) is 0 Å². The number of rotatable bonds is 2. The van der Waals surface area contributed by atoms with Gasteiger partial charge in [-0.1, -0.05) is 6.07 Å². The lowest BCUT2D eigenvalue weighted by molar-refractivity contribution is 0.0912. The molecule has 1 aromatic carbocycles. The van der Waals surface area contributed by atoms with Gasteiger partial charge in [0.1, 0.15) is 0 Å². The predicted molar refractivity (Wildman–Crippen MR) is 68.9 cm³/mol. The van der Waals surface area contributed by atoms with Gasteiger partial charge < -0.3 is 15.5 Å². The zero-order chi connectivity index (χ0) is 14.3. The highest BCUT2D eigenvalue weighted by Gasteiger charge is 2.39. The quantitative estimate of drug-likeness (QED) is 0.683. The zero-order valence-electron chi connectivity index (χ0n) is 10.4. The Morgan fingerprint density at radius 2 is 2.05 bits per heavy atom. The molecule has 0 aliphatic carbocycles. The lowest BCUT2D eigenvalue weighted by atomic mass is 10.0. The van der Waals surface area contributed by atoms with Crippen molar-refractivity contribution in [3.8, 4) is 11.5 Å². The van der Waals surface area contributed by atoms with Gasteiger partial charge in [-0.3, -0.25) is 4.79 Å². The summed E-state index contributed by atoms with van der Waals surface area (Å²) in [5.74, 6) is -1.59. The third kappa shape index (κ3) is 2.81. The van der Waals surface area contributed by atoms with Crippen LogP contribution in [0.4, 0.5) is 0 Å². The van der Waals surface area contributed by atoms with Gasteiger partial charge in [-0.2, -0.15) is 0 Å². The number of aromatic hydroxyl groups is 2. The molecule has 0 saturated carbocycles. The van der Waals surface area contributed by atoms with Crippen molar-refractivity contribution >= 4 is 15.7 Å². The van der Waals surface area contributed by atoms with E-state index in [-0.39, 0.29) is 17.1 Å². The molecule has 1 atom stereocenters. The molecule has 1 aliphatic rings. The number of sulfone groups is 1. The Balaban J connectivity index is 2.21. The average molecular weight is 285 g/mol. The number of amides is 1. The highest BCUT2D eigenvalue weighted by Crippen LogP contribution is 2.29. The van der Waals surface area contributed by atoms with E-state index < -0.39 is 32.8 Å². The molecule has 19 heavy (non-hydrogen) atoms. The minimum atomic E-state index is -3.13. The van der Waals surface area contributed by atoms with Crippen molar-refractivity contribution in [1.29, 1.82) is 0 Å². The molecule has 2 rings (SSSR count). The van der Waals surface area contributed by atoms with E-state index in [4.69, 9.17) is 0 Å². The molecule has 0 bridgehead atoms. The number of phenolic OH excluding ortho intramolecular Hbond substituents is 2. The van der Waals surface area contributed by atoms with Crippen molar-refractivity contribution in [3.63, 3.8) is 0 Å². The lowest BCUT2D eigenvalue weighted by Gasteiger charge is -2.24. The first-order valence-corrected chi connectivity index (χ1v) is 7.58. The number of carbonyl (C=O) groups excluding carboxylic acids is 1. The molecule has 1 heterocycles. The maximum atomic E-state index is 12.0. The number of hydrogen-bond acceptors (Lipinski definition) is 5. The molecule has 3 N–H and O–H groups in total. The largest absolute Gasteiger partial charge is 0.504 e. The van der Waals surface area contributed by atoms with Gasteiger partial charge in [0.25, 0.3) is 5.91 Å². The van der Waals surface area contributed by atoms with Gasteiger partial charge in [-0.25, -0.2) is 8.42 Å². The maximum Gasteiger partial charge on any atom is 0.255 e. The fraction of sp³-hybridized carbons (Fsp3) is 0.417. The third-order valence-corrected chi connectivity index (χ3v) is 5.08. The van der Waals surface area contributed by atoms with Crippen LogP contribution in [-0.2, 0) is 9.84 Å². The Morgan fingerprint density at radius 3 is 2.63 bits per heavy atom. The second-order valence-electron chi connectivity index (χ2n) is 5.03. The molecule has 0 aromatic heterocycles. The first kappa shape index (κ1) is 13.7. The van der Waals surface area contributed by atoms with Gasteiger partial charge in [0.15, 0.2) is 21.3 Å². The van der Waals surface area contributed by atoms with Crippen LogP contribution in [0, 0.1) is 0 Å². The van der Waals surface area contributed by atoms with Crippen molar-refractivity contribution in [2.24, 2.45) is 0 Å². The Labute approximate surface area is 111 Å². The SMILES string of the molecule is CC1(NC(=O)c2cccc(O)c2O)CCS(=O)(=O)C1. The third-order valence-electron chi connectivity index (χ3n) is 3.18. The molecular formula is C12H15NO5S. The topological polar surface area (TPSA) is 104 Å². The molecule has 1 amide bonds. The van der Waals surface area contributed by atoms with Crippen LogP contribution < -0.4 is 5.32 Å². The summed E-state index contributed by atoms with van der Waals surface area (Å²) in [6.45, 7) is 1.65. The highest BCUT2D eigenvalue weighted by atomic mass is 32.2. The van der Waals surface area contributed by atoms with E-state index in [2.05, 4.69) is 5.32 Å². The maximum absolute atomic E-state index is 12.0. The summed E-state index contributed by atoms with van der Waals surface area (Å²) in [4.78, 5) is 12.0. The van der Waals surface area contributed by atoms with Crippen LogP contribution in [0.5, 0.6) is 11.5 Å². The molecule has 6 nitrogen and oxygen atoms in total. The summed E-state index contributed by atoms with van der Waals surface area (Å²) >= 11 is 0. The summed E-state index contributed by atoms with van der Waals surface area (Å²) in [5, 5.41) is 21.5. The Hall–Kier alpha value is -1.76. The minimum Gasteiger partial charge on any atom is -0.504 e. The first-order chi connectivity index (χ1) is 8.72.